The van der Waals surface area contributed by atoms with E-state index in [0.717, 1.165) is 25.7 Å². The van der Waals surface area contributed by atoms with Crippen molar-refractivity contribution in [3.63, 3.8) is 0 Å². The zero-order valence-electron chi connectivity index (χ0n) is 10.4. The number of hydrogen-bond donors (Lipinski definition) is 0. The molecule has 1 aromatic rings. The predicted octanol–water partition coefficient (Wildman–Crippen LogP) is 3.09. The van der Waals surface area contributed by atoms with Crippen molar-refractivity contribution >= 4 is 5.78 Å². The van der Waals surface area contributed by atoms with E-state index in [1.54, 1.807) is 24.3 Å². The molecule has 0 radical (unpaired) electrons. The molecule has 0 spiro atoms. The summed E-state index contributed by atoms with van der Waals surface area (Å²) < 4.78 is 5.47. The zero-order valence-corrected chi connectivity index (χ0v) is 10.4. The number of rotatable bonds is 4. The molecule has 1 aromatic carbocycles. The van der Waals surface area contributed by atoms with E-state index in [2.05, 4.69) is 6.07 Å². The Bertz CT molecular complexity index is 456. The highest BCUT2D eigenvalue weighted by Gasteiger charge is 2.21. The third-order valence-corrected chi connectivity index (χ3v) is 3.44. The summed E-state index contributed by atoms with van der Waals surface area (Å²) in [6.45, 7) is 0.0867. The van der Waals surface area contributed by atoms with Gasteiger partial charge in [0.25, 0.3) is 0 Å². The highest BCUT2D eigenvalue weighted by molar-refractivity contribution is 5.82. The summed E-state index contributed by atoms with van der Waals surface area (Å²) in [5.41, 5.74) is 0.481. The summed E-state index contributed by atoms with van der Waals surface area (Å²) in [4.78, 5) is 12.0. The zero-order chi connectivity index (χ0) is 12.8. The molecule has 0 atom stereocenters. The molecule has 3 heteroatoms. The molecule has 0 saturated heterocycles. The number of ether oxygens (including phenoxy) is 1. The van der Waals surface area contributed by atoms with Crippen LogP contribution >= 0.6 is 0 Å². The van der Waals surface area contributed by atoms with E-state index in [-0.39, 0.29) is 18.3 Å². The molecule has 18 heavy (non-hydrogen) atoms. The Kier molecular flexibility index (Phi) is 4.35. The fraction of sp³-hybridized carbons (Fsp3) is 0.467. The van der Waals surface area contributed by atoms with Crippen LogP contribution in [0.4, 0.5) is 0 Å². The van der Waals surface area contributed by atoms with Crippen LogP contribution in [0.2, 0.25) is 0 Å². The highest BCUT2D eigenvalue weighted by Crippen LogP contribution is 2.25. The second-order valence-corrected chi connectivity index (χ2v) is 4.70. The van der Waals surface area contributed by atoms with Gasteiger partial charge in [0.05, 0.1) is 5.56 Å². The quantitative estimate of drug-likeness (QED) is 0.816. The normalized spacial score (nSPS) is 15.9. The lowest BCUT2D eigenvalue weighted by Crippen LogP contribution is -2.23. The van der Waals surface area contributed by atoms with Crippen LogP contribution in [-0.2, 0) is 4.79 Å². The molecule has 0 aromatic heterocycles. The summed E-state index contributed by atoms with van der Waals surface area (Å²) in [7, 11) is 0. The minimum absolute atomic E-state index is 0.0867. The number of hydrogen-bond acceptors (Lipinski definition) is 3. The van der Waals surface area contributed by atoms with Gasteiger partial charge in [-0.3, -0.25) is 4.79 Å². The molecule has 1 aliphatic carbocycles. The number of benzene rings is 1. The van der Waals surface area contributed by atoms with E-state index in [4.69, 9.17) is 10.00 Å². The Morgan fingerprint density at radius 2 is 2.00 bits per heavy atom. The molecule has 0 bridgehead atoms. The van der Waals surface area contributed by atoms with Gasteiger partial charge in [0, 0.05) is 5.92 Å². The van der Waals surface area contributed by atoms with Crippen molar-refractivity contribution in [3.05, 3.63) is 29.8 Å². The summed E-state index contributed by atoms with van der Waals surface area (Å²) in [5, 5.41) is 8.92. The number of carbonyl (C=O) groups excluding carboxylic acids is 1. The monoisotopic (exact) mass is 243 g/mol. The molecular weight excluding hydrogens is 226 g/mol. The Balaban J connectivity index is 1.91. The van der Waals surface area contributed by atoms with Crippen LogP contribution in [0, 0.1) is 17.2 Å². The highest BCUT2D eigenvalue weighted by atomic mass is 16.5. The van der Waals surface area contributed by atoms with Crippen LogP contribution < -0.4 is 4.74 Å². The van der Waals surface area contributed by atoms with Crippen molar-refractivity contribution in [1.29, 1.82) is 5.26 Å². The fourth-order valence-electron chi connectivity index (χ4n) is 2.38. The first-order valence-corrected chi connectivity index (χ1v) is 6.46. The maximum Gasteiger partial charge on any atom is 0.173 e. The number of Topliss-reactive ketones (excluding diaryl/α,β-unsaturated/α-hetero) is 1. The Morgan fingerprint density at radius 1 is 1.28 bits per heavy atom. The van der Waals surface area contributed by atoms with Crippen LogP contribution in [0.25, 0.3) is 0 Å². The molecule has 0 N–H and O–H groups in total. The largest absolute Gasteiger partial charge is 0.484 e. The van der Waals surface area contributed by atoms with Gasteiger partial charge in [0.15, 0.2) is 5.78 Å². The van der Waals surface area contributed by atoms with E-state index < -0.39 is 0 Å². The second-order valence-electron chi connectivity index (χ2n) is 4.70. The van der Waals surface area contributed by atoms with Crippen molar-refractivity contribution in [3.8, 4) is 11.8 Å². The standard InChI is InChI=1S/C15H17NO2/c16-10-13-8-4-5-9-15(13)18-11-14(17)12-6-2-1-3-7-12/h4-5,8-9,12H,1-3,6-7,11H2. The molecule has 94 valence electrons. The topological polar surface area (TPSA) is 50.1 Å². The van der Waals surface area contributed by atoms with Crippen molar-refractivity contribution in [2.45, 2.75) is 32.1 Å². The van der Waals surface area contributed by atoms with Gasteiger partial charge in [-0.2, -0.15) is 5.26 Å². The van der Waals surface area contributed by atoms with Crippen molar-refractivity contribution in [2.24, 2.45) is 5.92 Å². The molecular formula is C15H17NO2. The van der Waals surface area contributed by atoms with Gasteiger partial charge >= 0.3 is 0 Å². The second kappa shape index (κ2) is 6.20. The van der Waals surface area contributed by atoms with Crippen LogP contribution in [0.1, 0.15) is 37.7 Å². The molecule has 1 fully saturated rings. The van der Waals surface area contributed by atoms with Gasteiger partial charge < -0.3 is 4.74 Å². The lowest BCUT2D eigenvalue weighted by atomic mass is 9.86. The Morgan fingerprint density at radius 3 is 2.72 bits per heavy atom. The Hall–Kier alpha value is -1.82. The lowest BCUT2D eigenvalue weighted by Gasteiger charge is -2.20. The van der Waals surface area contributed by atoms with Crippen molar-refractivity contribution < 1.29 is 9.53 Å². The average molecular weight is 243 g/mol. The molecule has 3 nitrogen and oxygen atoms in total. The number of para-hydroxylation sites is 1. The van der Waals surface area contributed by atoms with E-state index in [1.165, 1.54) is 6.42 Å². The summed E-state index contributed by atoms with van der Waals surface area (Å²) >= 11 is 0. The third-order valence-electron chi connectivity index (χ3n) is 3.44. The molecule has 1 aliphatic rings. The van der Waals surface area contributed by atoms with Crippen LogP contribution in [0.3, 0.4) is 0 Å². The van der Waals surface area contributed by atoms with E-state index in [1.807, 2.05) is 0 Å². The van der Waals surface area contributed by atoms with Gasteiger partial charge in [0.2, 0.25) is 0 Å². The van der Waals surface area contributed by atoms with Gasteiger partial charge in [-0.25, -0.2) is 0 Å². The van der Waals surface area contributed by atoms with E-state index in [0.29, 0.717) is 11.3 Å². The van der Waals surface area contributed by atoms with Crippen molar-refractivity contribution in [2.75, 3.05) is 6.61 Å². The SMILES string of the molecule is N#Cc1ccccc1OCC(=O)C1CCCCC1. The molecule has 0 unspecified atom stereocenters. The molecule has 0 aliphatic heterocycles. The fourth-order valence-corrected chi connectivity index (χ4v) is 2.38. The number of nitriles is 1. The van der Waals surface area contributed by atoms with Crippen LogP contribution in [0.15, 0.2) is 24.3 Å². The smallest absolute Gasteiger partial charge is 0.173 e. The molecule has 2 rings (SSSR count). The first kappa shape index (κ1) is 12.6. The van der Waals surface area contributed by atoms with E-state index >= 15 is 0 Å². The van der Waals surface area contributed by atoms with Gasteiger partial charge in [-0.1, -0.05) is 31.4 Å². The third kappa shape index (κ3) is 3.10. The van der Waals surface area contributed by atoms with Gasteiger partial charge in [-0.15, -0.1) is 0 Å². The Labute approximate surface area is 107 Å². The molecule has 0 amide bonds. The number of nitrogens with zero attached hydrogens (tertiary/aromatic N) is 1. The lowest BCUT2D eigenvalue weighted by molar-refractivity contribution is -0.125. The summed E-state index contributed by atoms with van der Waals surface area (Å²) in [6.07, 6.45) is 5.50. The maximum atomic E-state index is 12.0. The number of ketones is 1. The minimum Gasteiger partial charge on any atom is -0.484 e. The van der Waals surface area contributed by atoms with E-state index in [9.17, 15) is 4.79 Å². The predicted molar refractivity (Wildman–Crippen MR) is 68.2 cm³/mol. The maximum absolute atomic E-state index is 12.0. The molecule has 0 heterocycles. The molecule has 1 saturated carbocycles. The summed E-state index contributed by atoms with van der Waals surface area (Å²) in [6, 6.07) is 9.08. The summed E-state index contributed by atoms with van der Waals surface area (Å²) in [5.74, 6) is 0.833. The van der Waals surface area contributed by atoms with Gasteiger partial charge in [-0.05, 0) is 25.0 Å². The van der Waals surface area contributed by atoms with Crippen molar-refractivity contribution in [1.82, 2.24) is 0 Å². The first-order chi connectivity index (χ1) is 8.81. The average Bonchev–Trinajstić information content (AvgIpc) is 2.46. The van der Waals surface area contributed by atoms with Crippen LogP contribution in [0.5, 0.6) is 5.75 Å². The number of carbonyl (C=O) groups is 1. The minimum atomic E-state index is 0.0867. The first-order valence-electron chi connectivity index (χ1n) is 6.46. The van der Waals surface area contributed by atoms with Crippen LogP contribution in [-0.4, -0.2) is 12.4 Å². The van der Waals surface area contributed by atoms with Gasteiger partial charge in [0.1, 0.15) is 18.4 Å².